The van der Waals surface area contributed by atoms with Gasteiger partial charge in [0.15, 0.2) is 23.0 Å². The number of ketones is 1. The highest BCUT2D eigenvalue weighted by Gasteiger charge is 2.30. The van der Waals surface area contributed by atoms with Crippen LogP contribution in [0, 0.1) is 11.8 Å². The Labute approximate surface area is 277 Å². The van der Waals surface area contributed by atoms with Gasteiger partial charge in [-0.2, -0.15) is 0 Å². The molecule has 47 heavy (non-hydrogen) atoms. The minimum absolute atomic E-state index is 0.00138. The Morgan fingerprint density at radius 1 is 0.851 bits per heavy atom. The van der Waals surface area contributed by atoms with Crippen molar-refractivity contribution in [3.05, 3.63) is 100 Å². The zero-order chi connectivity index (χ0) is 34.1. The average molecular weight is 645 g/mol. The molecule has 0 radical (unpaired) electrons. The summed E-state index contributed by atoms with van der Waals surface area (Å²) < 4.78 is 10.9. The van der Waals surface area contributed by atoms with Crippen LogP contribution in [0.25, 0.3) is 0 Å². The number of benzene rings is 3. The summed E-state index contributed by atoms with van der Waals surface area (Å²) in [6.45, 7) is 4.71. The van der Waals surface area contributed by atoms with E-state index in [4.69, 9.17) is 9.47 Å². The molecule has 9 nitrogen and oxygen atoms in total. The van der Waals surface area contributed by atoms with Crippen LogP contribution >= 0.6 is 0 Å². The molecular weight excluding hydrogens is 596 g/mol. The molecule has 1 heterocycles. The first-order valence-corrected chi connectivity index (χ1v) is 16.1. The van der Waals surface area contributed by atoms with Gasteiger partial charge in [-0.05, 0) is 109 Å². The van der Waals surface area contributed by atoms with Crippen LogP contribution in [0.4, 0.5) is 0 Å². The number of hydrogen-bond donors (Lipinski definition) is 6. The van der Waals surface area contributed by atoms with Gasteiger partial charge in [0.25, 0.3) is 0 Å². The minimum Gasteiger partial charge on any atom is -0.508 e. The number of aromatic amines is 1. The third-order valence-electron chi connectivity index (χ3n) is 8.61. The predicted molar refractivity (Wildman–Crippen MR) is 182 cm³/mol. The number of hydrogen-bond acceptors (Lipinski definition) is 8. The summed E-state index contributed by atoms with van der Waals surface area (Å²) in [7, 11) is 4.82. The van der Waals surface area contributed by atoms with Gasteiger partial charge in [0.1, 0.15) is 11.5 Å². The lowest BCUT2D eigenvalue weighted by molar-refractivity contribution is -0.123. The monoisotopic (exact) mass is 644 g/mol. The second-order valence-corrected chi connectivity index (χ2v) is 12.7. The number of carbonyl (C=O) groups excluding carboxylic acids is 1. The number of Topliss-reactive ketones (excluding diaryl/α,β-unsaturated/α-hetero) is 1. The number of ether oxygens (including phenoxy) is 2. The number of aromatic nitrogens is 1. The van der Waals surface area contributed by atoms with Crippen molar-refractivity contribution < 1.29 is 34.7 Å². The first-order chi connectivity index (χ1) is 22.5. The van der Waals surface area contributed by atoms with E-state index in [2.05, 4.69) is 24.1 Å². The number of carbonyl (C=O) groups is 1. The fraction of sp³-hybridized carbons (Fsp3) is 0.395. The summed E-state index contributed by atoms with van der Waals surface area (Å²) in [5.41, 5.74) is 5.10. The molecule has 4 rings (SSSR count). The molecule has 0 saturated heterocycles. The highest BCUT2D eigenvalue weighted by atomic mass is 16.5. The maximum absolute atomic E-state index is 14.3. The molecule has 0 fully saturated rings. The quantitative estimate of drug-likeness (QED) is 0.0845. The van der Waals surface area contributed by atoms with Crippen LogP contribution in [0.15, 0.2) is 67.0 Å². The van der Waals surface area contributed by atoms with Gasteiger partial charge >= 0.3 is 0 Å². The van der Waals surface area contributed by atoms with Gasteiger partial charge in [-0.3, -0.25) is 4.79 Å². The normalized spacial score (nSPS) is 13.3. The van der Waals surface area contributed by atoms with Crippen molar-refractivity contribution in [3.63, 3.8) is 0 Å². The van der Waals surface area contributed by atoms with Gasteiger partial charge in [-0.25, -0.2) is 0 Å². The number of phenols is 3. The Bertz CT molecular complexity index is 1620. The first-order valence-electron chi connectivity index (χ1n) is 16.1. The molecule has 0 amide bonds. The molecule has 0 spiro atoms. The molecule has 3 atom stereocenters. The van der Waals surface area contributed by atoms with Crippen LogP contribution in [-0.2, 0) is 37.0 Å². The van der Waals surface area contributed by atoms with Crippen molar-refractivity contribution in [1.82, 2.24) is 10.3 Å². The molecule has 0 aliphatic rings. The van der Waals surface area contributed by atoms with Crippen molar-refractivity contribution in [2.45, 2.75) is 64.5 Å². The number of phenolic OH excluding ortho intramolecular Hbond substituents is 3. The molecule has 1 aromatic heterocycles. The third kappa shape index (κ3) is 9.30. The number of aromatic hydroxyl groups is 3. The van der Waals surface area contributed by atoms with E-state index < -0.39 is 12.0 Å². The van der Waals surface area contributed by atoms with Gasteiger partial charge in [-0.1, -0.05) is 32.0 Å². The molecule has 4 aromatic rings. The molecule has 0 aliphatic carbocycles. The van der Waals surface area contributed by atoms with E-state index in [1.54, 1.807) is 37.4 Å². The molecule has 9 heteroatoms. The lowest BCUT2D eigenvalue weighted by atomic mass is 9.80. The molecular formula is C38H48N2O7. The molecule has 3 aromatic carbocycles. The van der Waals surface area contributed by atoms with Crippen LogP contribution in [0.1, 0.15) is 59.6 Å². The molecule has 0 aliphatic heterocycles. The van der Waals surface area contributed by atoms with E-state index in [1.807, 2.05) is 37.6 Å². The van der Waals surface area contributed by atoms with E-state index in [0.717, 1.165) is 27.8 Å². The zero-order valence-electron chi connectivity index (χ0n) is 27.9. The number of rotatable bonds is 17. The number of aliphatic hydroxyl groups excluding tert-OH is 1. The lowest BCUT2D eigenvalue weighted by Crippen LogP contribution is -2.30. The van der Waals surface area contributed by atoms with Crippen LogP contribution in [-0.4, -0.2) is 58.6 Å². The summed E-state index contributed by atoms with van der Waals surface area (Å²) in [6.07, 6.45) is 4.59. The summed E-state index contributed by atoms with van der Waals surface area (Å²) in [5, 5.41) is 46.2. The summed E-state index contributed by atoms with van der Waals surface area (Å²) in [5.74, 6) is -0.0160. The van der Waals surface area contributed by atoms with Gasteiger partial charge < -0.3 is 40.2 Å². The zero-order valence-corrected chi connectivity index (χ0v) is 27.9. The summed E-state index contributed by atoms with van der Waals surface area (Å²) >= 11 is 0. The summed E-state index contributed by atoms with van der Waals surface area (Å²) in [4.78, 5) is 17.4. The fourth-order valence-electron chi connectivity index (χ4n) is 6.35. The van der Waals surface area contributed by atoms with Crippen LogP contribution in [0.2, 0.25) is 0 Å². The second kappa shape index (κ2) is 16.4. The standard InChI is InChI=1S/C38H48N2O7/c1-23(2)12-32-27(7-9-34(43)38(32)47-5)18-29(13-25-10-11-40-22-25)35(44)20-36(45)31(16-24-6-8-33(42)37(17-24)46-4)28-14-26(21-39-3)15-30(41)19-28/h6-11,14-15,17,19,22-23,29,31,35,39-44H,12-13,16,18,20-21H2,1-5H3. The Kier molecular flexibility index (Phi) is 12.3. The van der Waals surface area contributed by atoms with E-state index >= 15 is 0 Å². The maximum atomic E-state index is 14.3. The van der Waals surface area contributed by atoms with Crippen molar-refractivity contribution in [2.75, 3.05) is 21.3 Å². The van der Waals surface area contributed by atoms with E-state index in [9.17, 15) is 25.2 Å². The van der Waals surface area contributed by atoms with Crippen molar-refractivity contribution in [3.8, 4) is 28.7 Å². The number of nitrogens with one attached hydrogen (secondary N) is 2. The SMILES string of the molecule is CNCc1cc(O)cc(C(Cc2ccc(O)c(OC)c2)C(=O)CC(O)C(Cc2cc[nH]c2)Cc2ccc(O)c(OC)c2CC(C)C)c1. The predicted octanol–water partition coefficient (Wildman–Crippen LogP) is 5.81. The first kappa shape index (κ1) is 35.4. The van der Waals surface area contributed by atoms with Crippen molar-refractivity contribution >= 4 is 5.78 Å². The average Bonchev–Trinajstić information content (AvgIpc) is 3.54. The van der Waals surface area contributed by atoms with Crippen molar-refractivity contribution in [1.29, 1.82) is 0 Å². The van der Waals surface area contributed by atoms with E-state index in [1.165, 1.54) is 13.2 Å². The molecule has 252 valence electrons. The highest BCUT2D eigenvalue weighted by molar-refractivity contribution is 5.86. The number of methoxy groups -OCH3 is 2. The van der Waals surface area contributed by atoms with Crippen molar-refractivity contribution in [2.24, 2.45) is 11.8 Å². The van der Waals surface area contributed by atoms with Crippen LogP contribution < -0.4 is 14.8 Å². The fourth-order valence-corrected chi connectivity index (χ4v) is 6.35. The summed E-state index contributed by atoms with van der Waals surface area (Å²) in [6, 6.07) is 15.6. The van der Waals surface area contributed by atoms with E-state index in [-0.39, 0.29) is 41.8 Å². The van der Waals surface area contributed by atoms with Crippen LogP contribution in [0.5, 0.6) is 28.7 Å². The largest absolute Gasteiger partial charge is 0.508 e. The molecule has 3 unspecified atom stereocenters. The Morgan fingerprint density at radius 3 is 2.28 bits per heavy atom. The second-order valence-electron chi connectivity index (χ2n) is 12.7. The maximum Gasteiger partial charge on any atom is 0.163 e. The van der Waals surface area contributed by atoms with Gasteiger partial charge in [0, 0.05) is 36.8 Å². The highest BCUT2D eigenvalue weighted by Crippen LogP contribution is 2.37. The number of aliphatic hydroxyl groups is 1. The Hall–Kier alpha value is -4.47. The Balaban J connectivity index is 1.69. The topological polar surface area (TPSA) is 144 Å². The van der Waals surface area contributed by atoms with Gasteiger partial charge in [-0.15, -0.1) is 0 Å². The molecule has 6 N–H and O–H groups in total. The minimum atomic E-state index is -0.991. The van der Waals surface area contributed by atoms with E-state index in [0.29, 0.717) is 48.8 Å². The molecule has 0 saturated carbocycles. The van der Waals surface area contributed by atoms with Crippen LogP contribution in [0.3, 0.4) is 0 Å². The lowest BCUT2D eigenvalue weighted by Gasteiger charge is -2.27. The van der Waals surface area contributed by atoms with Gasteiger partial charge in [0.05, 0.1) is 20.3 Å². The third-order valence-corrected chi connectivity index (χ3v) is 8.61. The number of H-pyrrole nitrogens is 1. The smallest absolute Gasteiger partial charge is 0.163 e. The van der Waals surface area contributed by atoms with Gasteiger partial charge in [0.2, 0.25) is 0 Å². The Morgan fingerprint density at radius 2 is 1.62 bits per heavy atom. The molecule has 0 bridgehead atoms.